The van der Waals surface area contributed by atoms with Crippen molar-refractivity contribution < 1.29 is 9.59 Å². The molecule has 0 fully saturated rings. The maximum atomic E-state index is 11.4. The third kappa shape index (κ3) is 2.27. The maximum Gasteiger partial charge on any atom is 0.274 e. The summed E-state index contributed by atoms with van der Waals surface area (Å²) in [5.74, 6) is 3.66. The van der Waals surface area contributed by atoms with Gasteiger partial charge in [0.2, 0.25) is 0 Å². The van der Waals surface area contributed by atoms with Crippen LogP contribution in [0.2, 0.25) is 0 Å². The molecule has 0 aromatic carbocycles. The molecule has 0 saturated carbocycles. The molecule has 5 nitrogen and oxygen atoms in total. The first-order chi connectivity index (χ1) is 6.66. The lowest BCUT2D eigenvalue weighted by Gasteiger charge is -2.12. The van der Waals surface area contributed by atoms with Crippen LogP contribution >= 0.6 is 11.6 Å². The summed E-state index contributed by atoms with van der Waals surface area (Å²) < 4.78 is 0. The molecular weight excluding hydrogens is 206 g/mol. The number of pyridine rings is 1. The molecule has 0 unspecified atom stereocenters. The van der Waals surface area contributed by atoms with E-state index >= 15 is 0 Å². The molecule has 1 aromatic rings. The van der Waals surface area contributed by atoms with Gasteiger partial charge in [0.05, 0.1) is 0 Å². The summed E-state index contributed by atoms with van der Waals surface area (Å²) in [4.78, 5) is 26.1. The van der Waals surface area contributed by atoms with Gasteiger partial charge < -0.3 is 0 Å². The van der Waals surface area contributed by atoms with Gasteiger partial charge in [-0.1, -0.05) is 0 Å². The molecule has 6 heteroatoms. The predicted octanol–water partition coefficient (Wildman–Crippen LogP) is 0.163. The number of aromatic nitrogens is 1. The van der Waals surface area contributed by atoms with Crippen LogP contribution < -0.4 is 5.84 Å². The van der Waals surface area contributed by atoms with E-state index in [1.165, 1.54) is 24.5 Å². The number of alkyl halides is 1. The Morgan fingerprint density at radius 1 is 1.43 bits per heavy atom. The fourth-order valence-electron chi connectivity index (χ4n) is 0.811. The summed E-state index contributed by atoms with van der Waals surface area (Å²) in [6.07, 6.45) is 2.87. The molecule has 0 atom stereocenters. The van der Waals surface area contributed by atoms with Gasteiger partial charge in [-0.05, 0) is 12.1 Å². The van der Waals surface area contributed by atoms with E-state index in [0.717, 1.165) is 0 Å². The molecule has 14 heavy (non-hydrogen) atoms. The zero-order chi connectivity index (χ0) is 10.6. The number of hydrogen-bond acceptors (Lipinski definition) is 4. The van der Waals surface area contributed by atoms with Crippen LogP contribution in [0.4, 0.5) is 0 Å². The van der Waals surface area contributed by atoms with Crippen LogP contribution in [0.3, 0.4) is 0 Å². The fourth-order valence-corrected chi connectivity index (χ4v) is 0.940. The van der Waals surface area contributed by atoms with E-state index in [9.17, 15) is 9.59 Å². The average molecular weight is 214 g/mol. The number of imide groups is 1. The van der Waals surface area contributed by atoms with Crippen molar-refractivity contribution >= 4 is 23.4 Å². The van der Waals surface area contributed by atoms with E-state index in [1.54, 1.807) is 0 Å². The molecule has 0 bridgehead atoms. The van der Waals surface area contributed by atoms with Crippen molar-refractivity contribution in [2.45, 2.75) is 0 Å². The number of carbonyl (C=O) groups excluding carboxylic acids is 2. The third-order valence-electron chi connectivity index (χ3n) is 1.53. The van der Waals surface area contributed by atoms with Crippen molar-refractivity contribution in [3.8, 4) is 0 Å². The van der Waals surface area contributed by atoms with Gasteiger partial charge in [0.1, 0.15) is 5.88 Å². The lowest BCUT2D eigenvalue weighted by atomic mass is 10.2. The highest BCUT2D eigenvalue weighted by molar-refractivity contribution is 6.28. The van der Waals surface area contributed by atoms with Crippen molar-refractivity contribution in [3.05, 3.63) is 30.1 Å². The van der Waals surface area contributed by atoms with E-state index in [-0.39, 0.29) is 5.88 Å². The Balaban J connectivity index is 2.81. The van der Waals surface area contributed by atoms with Crippen LogP contribution in [0.5, 0.6) is 0 Å². The fraction of sp³-hybridized carbons (Fsp3) is 0.125. The summed E-state index contributed by atoms with van der Waals surface area (Å²) in [5.41, 5.74) is 0.293. The Kier molecular flexibility index (Phi) is 3.55. The van der Waals surface area contributed by atoms with E-state index in [1.807, 2.05) is 0 Å². The Morgan fingerprint density at radius 2 is 2.00 bits per heavy atom. The molecule has 0 spiro atoms. The number of rotatable bonds is 2. The molecule has 2 amide bonds. The minimum absolute atomic E-state index is 0.293. The van der Waals surface area contributed by atoms with Gasteiger partial charge in [0.15, 0.2) is 0 Å². The maximum absolute atomic E-state index is 11.4. The number of hydrogen-bond donors (Lipinski definition) is 1. The zero-order valence-corrected chi connectivity index (χ0v) is 7.94. The second kappa shape index (κ2) is 4.69. The summed E-state index contributed by atoms with van der Waals surface area (Å²) in [5, 5.41) is 0.488. The van der Waals surface area contributed by atoms with Crippen molar-refractivity contribution in [2.24, 2.45) is 5.84 Å². The first kappa shape index (κ1) is 10.6. The van der Waals surface area contributed by atoms with Crippen molar-refractivity contribution in [1.29, 1.82) is 0 Å². The van der Waals surface area contributed by atoms with Crippen LogP contribution in [-0.2, 0) is 4.79 Å². The van der Waals surface area contributed by atoms with Gasteiger partial charge in [0, 0.05) is 18.0 Å². The number of hydrazine groups is 1. The standard InChI is InChI=1S/C8H8ClN3O2/c9-5-7(13)12(10)8(14)6-1-3-11-4-2-6/h1-4H,5,10H2. The van der Waals surface area contributed by atoms with Crippen LogP contribution in [-0.4, -0.2) is 27.7 Å². The molecule has 1 aromatic heterocycles. The Hall–Kier alpha value is -1.46. The molecule has 0 aliphatic rings. The number of amides is 2. The van der Waals surface area contributed by atoms with Gasteiger partial charge in [-0.3, -0.25) is 14.6 Å². The highest BCUT2D eigenvalue weighted by Gasteiger charge is 2.17. The molecule has 1 heterocycles. The quantitative estimate of drug-likeness (QED) is 0.329. The van der Waals surface area contributed by atoms with E-state index in [0.29, 0.717) is 10.6 Å². The average Bonchev–Trinajstić information content (AvgIpc) is 2.27. The van der Waals surface area contributed by atoms with Crippen LogP contribution in [0, 0.1) is 0 Å². The number of nitrogens with zero attached hydrogens (tertiary/aromatic N) is 2. The molecule has 0 aliphatic carbocycles. The molecule has 0 saturated heterocycles. The van der Waals surface area contributed by atoms with Gasteiger partial charge in [-0.25, -0.2) is 10.9 Å². The smallest absolute Gasteiger partial charge is 0.272 e. The number of halogens is 1. The normalized spacial score (nSPS) is 9.57. The summed E-state index contributed by atoms with van der Waals surface area (Å²) in [6.45, 7) is 0. The number of nitrogens with two attached hydrogens (primary N) is 1. The van der Waals surface area contributed by atoms with E-state index in [4.69, 9.17) is 17.4 Å². The van der Waals surface area contributed by atoms with Gasteiger partial charge in [0.25, 0.3) is 11.8 Å². The van der Waals surface area contributed by atoms with Crippen LogP contribution in [0.1, 0.15) is 10.4 Å². The first-order valence-electron chi connectivity index (χ1n) is 3.74. The number of carbonyl (C=O) groups is 2. The topological polar surface area (TPSA) is 76.3 Å². The van der Waals surface area contributed by atoms with Crippen molar-refractivity contribution in [2.75, 3.05) is 5.88 Å². The second-order valence-corrected chi connectivity index (χ2v) is 2.71. The SMILES string of the molecule is NN(C(=O)CCl)C(=O)c1ccncc1. The van der Waals surface area contributed by atoms with Crippen LogP contribution in [0.25, 0.3) is 0 Å². The largest absolute Gasteiger partial charge is 0.274 e. The van der Waals surface area contributed by atoms with Gasteiger partial charge in [-0.15, -0.1) is 11.6 Å². The monoisotopic (exact) mass is 213 g/mol. The molecule has 74 valence electrons. The van der Waals surface area contributed by atoms with Crippen molar-refractivity contribution in [3.63, 3.8) is 0 Å². The highest BCUT2D eigenvalue weighted by atomic mass is 35.5. The molecule has 0 aliphatic heterocycles. The summed E-state index contributed by atoms with van der Waals surface area (Å²) in [7, 11) is 0. The minimum atomic E-state index is -0.645. The Labute approximate surface area is 85.4 Å². The van der Waals surface area contributed by atoms with Gasteiger partial charge in [-0.2, -0.15) is 0 Å². The molecular formula is C8H8ClN3O2. The van der Waals surface area contributed by atoms with E-state index < -0.39 is 11.8 Å². The Bertz CT molecular complexity index is 342. The Morgan fingerprint density at radius 3 is 2.50 bits per heavy atom. The lowest BCUT2D eigenvalue weighted by molar-refractivity contribution is -0.126. The van der Waals surface area contributed by atoms with Crippen LogP contribution in [0.15, 0.2) is 24.5 Å². The zero-order valence-electron chi connectivity index (χ0n) is 7.18. The molecule has 1 rings (SSSR count). The second-order valence-electron chi connectivity index (χ2n) is 2.44. The summed E-state index contributed by atoms with van der Waals surface area (Å²) in [6, 6.07) is 2.92. The molecule has 0 radical (unpaired) electrons. The van der Waals surface area contributed by atoms with E-state index in [2.05, 4.69) is 4.98 Å². The van der Waals surface area contributed by atoms with Crippen molar-refractivity contribution in [1.82, 2.24) is 9.99 Å². The molecule has 2 N–H and O–H groups in total. The first-order valence-corrected chi connectivity index (χ1v) is 4.28. The minimum Gasteiger partial charge on any atom is -0.272 e. The highest BCUT2D eigenvalue weighted by Crippen LogP contribution is 2.00. The predicted molar refractivity (Wildman–Crippen MR) is 50.3 cm³/mol. The lowest BCUT2D eigenvalue weighted by Crippen LogP contribution is -2.43. The summed E-state index contributed by atoms with van der Waals surface area (Å²) >= 11 is 5.24. The third-order valence-corrected chi connectivity index (χ3v) is 1.76. The van der Waals surface area contributed by atoms with Gasteiger partial charge >= 0.3 is 0 Å².